The lowest BCUT2D eigenvalue weighted by atomic mass is 9.49. The summed E-state index contributed by atoms with van der Waals surface area (Å²) in [6, 6.07) is 7.85. The monoisotopic (exact) mass is 283 g/mol. The summed E-state index contributed by atoms with van der Waals surface area (Å²) in [5.74, 6) is 1.29. The van der Waals surface area contributed by atoms with Gasteiger partial charge in [0.2, 0.25) is 0 Å². The third-order valence-corrected chi connectivity index (χ3v) is 6.82. The van der Waals surface area contributed by atoms with Crippen molar-refractivity contribution in [3.8, 4) is 0 Å². The highest BCUT2D eigenvalue weighted by Gasteiger charge is 2.59. The molecule has 3 fully saturated rings. The Hall–Kier alpha value is -1.15. The van der Waals surface area contributed by atoms with Gasteiger partial charge >= 0.3 is 0 Å². The first-order valence-electron chi connectivity index (χ1n) is 8.25. The lowest BCUT2D eigenvalue weighted by Crippen LogP contribution is -2.68. The Kier molecular flexibility index (Phi) is 2.70. The fourth-order valence-corrected chi connectivity index (χ4v) is 5.91. The topological polar surface area (TPSA) is 20.3 Å². The Morgan fingerprint density at radius 2 is 2.10 bits per heavy atom. The molecule has 4 unspecified atom stereocenters. The lowest BCUT2D eigenvalue weighted by molar-refractivity contribution is -0.137. The first-order valence-corrected chi connectivity index (χ1v) is 8.25. The van der Waals surface area contributed by atoms with Crippen LogP contribution in [0, 0.1) is 18.8 Å². The first kappa shape index (κ1) is 13.5. The van der Waals surface area contributed by atoms with Gasteiger partial charge in [-0.3, -0.25) is 9.69 Å². The van der Waals surface area contributed by atoms with E-state index in [4.69, 9.17) is 0 Å². The molecule has 4 bridgehead atoms. The molecule has 4 aliphatic rings. The number of carbonyl (C=O) groups is 1. The zero-order chi connectivity index (χ0) is 14.9. The van der Waals surface area contributed by atoms with Crippen LogP contribution in [0.3, 0.4) is 0 Å². The fraction of sp³-hybridized carbons (Fsp3) is 0.632. The molecule has 2 aliphatic carbocycles. The largest absolute Gasteiger partial charge is 0.300 e. The van der Waals surface area contributed by atoms with Crippen molar-refractivity contribution in [2.24, 2.45) is 11.8 Å². The van der Waals surface area contributed by atoms with E-state index in [1.165, 1.54) is 5.56 Å². The van der Waals surface area contributed by atoms with Crippen molar-refractivity contribution < 1.29 is 4.79 Å². The molecule has 5 rings (SSSR count). The van der Waals surface area contributed by atoms with E-state index < -0.39 is 0 Å². The summed E-state index contributed by atoms with van der Waals surface area (Å²) in [4.78, 5) is 14.6. The van der Waals surface area contributed by atoms with Crippen molar-refractivity contribution in [3.05, 3.63) is 34.9 Å². The Morgan fingerprint density at radius 3 is 2.81 bits per heavy atom. The predicted octanol–water partition coefficient (Wildman–Crippen LogP) is 3.11. The van der Waals surface area contributed by atoms with E-state index in [1.807, 2.05) is 0 Å². The highest BCUT2D eigenvalue weighted by atomic mass is 16.1. The zero-order valence-electron chi connectivity index (χ0n) is 13.5. The number of fused-ring (bicyclic) bond motifs is 2. The summed E-state index contributed by atoms with van der Waals surface area (Å²) in [6.45, 7) is 6.52. The van der Waals surface area contributed by atoms with Gasteiger partial charge in [0.05, 0.1) is 0 Å². The van der Waals surface area contributed by atoms with Crippen LogP contribution in [0.2, 0.25) is 0 Å². The maximum absolute atomic E-state index is 12.0. The van der Waals surface area contributed by atoms with Crippen molar-refractivity contribution in [2.45, 2.75) is 57.5 Å². The third-order valence-electron chi connectivity index (χ3n) is 6.82. The van der Waals surface area contributed by atoms with E-state index in [0.717, 1.165) is 19.3 Å². The van der Waals surface area contributed by atoms with Crippen molar-refractivity contribution in [2.75, 3.05) is 7.05 Å². The average molecular weight is 283 g/mol. The second kappa shape index (κ2) is 4.19. The van der Waals surface area contributed by atoms with Crippen molar-refractivity contribution >= 4 is 5.78 Å². The van der Waals surface area contributed by atoms with Crippen LogP contribution in [0.25, 0.3) is 0 Å². The predicted molar refractivity (Wildman–Crippen MR) is 84.5 cm³/mol. The van der Waals surface area contributed by atoms with Crippen LogP contribution in [-0.2, 0) is 16.6 Å². The van der Waals surface area contributed by atoms with Crippen LogP contribution in [0.1, 0.15) is 43.4 Å². The number of likely N-dealkylation sites (N-methyl/N-ethyl adjacent to an activating group) is 1. The molecule has 112 valence electrons. The number of piperidine rings is 2. The highest BCUT2D eigenvalue weighted by molar-refractivity contribution is 5.79. The van der Waals surface area contributed by atoms with Gasteiger partial charge in [0.25, 0.3) is 0 Å². The molecule has 1 saturated carbocycles. The second-order valence-electron chi connectivity index (χ2n) is 7.79. The molecule has 5 atom stereocenters. The molecule has 0 spiro atoms. The molecule has 2 nitrogen and oxygen atoms in total. The summed E-state index contributed by atoms with van der Waals surface area (Å²) in [6.07, 6.45) is 3.40. The molecule has 1 aromatic rings. The molecule has 0 radical (unpaired) electrons. The molecule has 0 N–H and O–H groups in total. The van der Waals surface area contributed by atoms with Gasteiger partial charge in [0.15, 0.2) is 0 Å². The number of hydrogen-bond acceptors (Lipinski definition) is 2. The van der Waals surface area contributed by atoms with Gasteiger partial charge in [-0.15, -0.1) is 0 Å². The van der Waals surface area contributed by atoms with Crippen LogP contribution in [0.15, 0.2) is 18.2 Å². The smallest absolute Gasteiger partial charge is 0.134 e. The number of rotatable bonds is 1. The first-order chi connectivity index (χ1) is 9.93. The van der Waals surface area contributed by atoms with Crippen LogP contribution in [-0.4, -0.2) is 29.8 Å². The van der Waals surface area contributed by atoms with E-state index in [2.05, 4.69) is 44.0 Å². The van der Waals surface area contributed by atoms with Crippen molar-refractivity contribution in [1.82, 2.24) is 4.90 Å². The Morgan fingerprint density at radius 1 is 1.33 bits per heavy atom. The molecule has 2 aliphatic heterocycles. The quantitative estimate of drug-likeness (QED) is 0.789. The minimum absolute atomic E-state index is 0.259. The maximum Gasteiger partial charge on any atom is 0.134 e. The fourth-order valence-electron chi connectivity index (χ4n) is 5.91. The van der Waals surface area contributed by atoms with Gasteiger partial charge in [0, 0.05) is 18.0 Å². The van der Waals surface area contributed by atoms with Crippen LogP contribution < -0.4 is 0 Å². The molecule has 2 saturated heterocycles. The van der Waals surface area contributed by atoms with Gasteiger partial charge in [0.1, 0.15) is 5.78 Å². The lowest BCUT2D eigenvalue weighted by Gasteiger charge is -2.64. The molecule has 1 aromatic carbocycles. The standard InChI is InChI=1S/C19H25NO/c1-11-6-5-7-13-8-16-15-9-14(12(2)21)17(20(16)4)10-19(15,3)18(11)13/h5-7,14-17H,8-10H2,1-4H3/t14?,15?,16?,17?,19-/m0/s1. The molecular formula is C19H25NO. The normalized spacial score (nSPS) is 41.0. The molecule has 0 amide bonds. The Labute approximate surface area is 127 Å². The summed E-state index contributed by atoms with van der Waals surface area (Å²) in [5.41, 5.74) is 4.87. The second-order valence-corrected chi connectivity index (χ2v) is 7.79. The highest BCUT2D eigenvalue weighted by Crippen LogP contribution is 2.58. The van der Waals surface area contributed by atoms with E-state index in [1.54, 1.807) is 18.1 Å². The SMILES string of the molecule is CC(=O)C1CC2C3Cc4cccc(C)c4[C@@]2(C)CC1N3C. The van der Waals surface area contributed by atoms with Crippen LogP contribution in [0.5, 0.6) is 0 Å². The molecule has 2 heterocycles. The molecular weight excluding hydrogens is 258 g/mol. The number of Topliss-reactive ketones (excluding diaryl/α,β-unsaturated/α-hetero) is 1. The summed E-state index contributed by atoms with van der Waals surface area (Å²) >= 11 is 0. The van der Waals surface area contributed by atoms with Gasteiger partial charge < -0.3 is 0 Å². The van der Waals surface area contributed by atoms with Gasteiger partial charge in [-0.05, 0) is 68.2 Å². The zero-order valence-corrected chi connectivity index (χ0v) is 13.5. The number of ketones is 1. The summed E-state index contributed by atoms with van der Waals surface area (Å²) in [7, 11) is 2.25. The van der Waals surface area contributed by atoms with E-state index in [9.17, 15) is 4.79 Å². The average Bonchev–Trinajstić information content (AvgIpc) is 2.42. The van der Waals surface area contributed by atoms with Gasteiger partial charge in [-0.25, -0.2) is 0 Å². The van der Waals surface area contributed by atoms with Crippen molar-refractivity contribution in [3.63, 3.8) is 0 Å². The number of nitrogens with zero attached hydrogens (tertiary/aromatic N) is 1. The maximum atomic E-state index is 12.0. The van der Waals surface area contributed by atoms with Crippen molar-refractivity contribution in [1.29, 1.82) is 0 Å². The summed E-state index contributed by atoms with van der Waals surface area (Å²) in [5, 5.41) is 0. The Bertz CT molecular complexity index is 622. The number of aryl methyl sites for hydroxylation is 1. The minimum Gasteiger partial charge on any atom is -0.300 e. The van der Waals surface area contributed by atoms with Crippen LogP contribution >= 0.6 is 0 Å². The molecule has 21 heavy (non-hydrogen) atoms. The number of hydrogen-bond donors (Lipinski definition) is 0. The van der Waals surface area contributed by atoms with E-state index in [0.29, 0.717) is 23.8 Å². The third kappa shape index (κ3) is 1.60. The molecule has 0 aromatic heterocycles. The minimum atomic E-state index is 0.259. The number of benzene rings is 1. The Balaban J connectivity index is 1.87. The number of carbonyl (C=O) groups excluding carboxylic acids is 1. The summed E-state index contributed by atoms with van der Waals surface area (Å²) < 4.78 is 0. The van der Waals surface area contributed by atoms with Crippen LogP contribution in [0.4, 0.5) is 0 Å². The van der Waals surface area contributed by atoms with E-state index in [-0.39, 0.29) is 11.3 Å². The van der Waals surface area contributed by atoms with Gasteiger partial charge in [-0.2, -0.15) is 0 Å². The molecule has 2 heteroatoms. The van der Waals surface area contributed by atoms with E-state index >= 15 is 0 Å². The van der Waals surface area contributed by atoms with Gasteiger partial charge in [-0.1, -0.05) is 25.1 Å².